The average Bonchev–Trinajstić information content (AvgIpc) is 3.62. The molecule has 4 aliphatic heterocycles. The van der Waals surface area contributed by atoms with Crippen LogP contribution in [0.1, 0.15) is 32.6 Å². The first-order chi connectivity index (χ1) is 17.1. The predicted octanol–water partition coefficient (Wildman–Crippen LogP) is 4.62. The third-order valence-electron chi connectivity index (χ3n) is 6.54. The van der Waals surface area contributed by atoms with E-state index in [0.717, 1.165) is 44.0 Å². The van der Waals surface area contributed by atoms with Crippen molar-refractivity contribution in [3.05, 3.63) is 76.3 Å². The molecule has 0 aliphatic carbocycles. The van der Waals surface area contributed by atoms with Crippen LogP contribution in [0.2, 0.25) is 0 Å². The number of esters is 1. The van der Waals surface area contributed by atoms with Crippen LogP contribution in [0.25, 0.3) is 0 Å². The minimum atomic E-state index is -1.64. The normalized spacial score (nSPS) is 23.2. The average molecular weight is 663 g/mol. The van der Waals surface area contributed by atoms with Gasteiger partial charge in [-0.15, -0.1) is 0 Å². The van der Waals surface area contributed by atoms with Crippen LogP contribution in [0, 0.1) is 6.92 Å². The van der Waals surface area contributed by atoms with E-state index in [1.54, 1.807) is 6.07 Å². The van der Waals surface area contributed by atoms with Crippen LogP contribution in [0.15, 0.2) is 48.5 Å². The van der Waals surface area contributed by atoms with Gasteiger partial charge in [0.1, 0.15) is 0 Å². The molecule has 1 N–H and O–H groups in total. The Morgan fingerprint density at radius 2 is 1.40 bits per heavy atom. The number of aryl methyl sites for hydroxylation is 1. The van der Waals surface area contributed by atoms with E-state index in [9.17, 15) is 9.90 Å². The minimum absolute atomic E-state index is 0.304. The molecule has 4 aliphatic rings. The van der Waals surface area contributed by atoms with Gasteiger partial charge in [0, 0.05) is 0 Å². The topological polar surface area (TPSA) is 55.8 Å². The Labute approximate surface area is 226 Å². The molecule has 0 radical (unpaired) electrons. The fourth-order valence-electron chi connectivity index (χ4n) is 5.07. The first kappa shape index (κ1) is 23.4. The van der Waals surface area contributed by atoms with Gasteiger partial charge in [0.15, 0.2) is 0 Å². The molecule has 10 heteroatoms. The van der Waals surface area contributed by atoms with Crippen LogP contribution in [0.3, 0.4) is 0 Å². The number of ether oxygens (including phenoxy) is 2. The summed E-state index contributed by atoms with van der Waals surface area (Å²) in [4.78, 5) is 13.3. The van der Waals surface area contributed by atoms with E-state index in [0.29, 0.717) is 11.3 Å². The molecule has 3 aromatic carbocycles. The van der Waals surface area contributed by atoms with E-state index < -0.39 is 30.3 Å². The van der Waals surface area contributed by atoms with E-state index >= 15 is 0 Å². The summed E-state index contributed by atoms with van der Waals surface area (Å²) in [6.45, 7) is 2.17. The summed E-state index contributed by atoms with van der Waals surface area (Å²) in [6, 6.07) is 15.7. The molecular weight excluding hydrogens is 642 g/mol. The first-order valence-corrected chi connectivity index (χ1v) is 26.1. The molecule has 7 rings (SSSR count). The second-order valence-corrected chi connectivity index (χ2v) is 31.7. The monoisotopic (exact) mass is 662 g/mol. The fourth-order valence-corrected chi connectivity index (χ4v) is 35.5. The third kappa shape index (κ3) is 3.43. The Morgan fingerprint density at radius 1 is 0.800 bits per heavy atom. The van der Waals surface area contributed by atoms with E-state index in [1.807, 2.05) is 50.4 Å². The zero-order chi connectivity index (χ0) is 23.7. The molecule has 0 bridgehead atoms. The Balaban J connectivity index is 1.57. The summed E-state index contributed by atoms with van der Waals surface area (Å²) in [5.74, 6) is 6.11. The molecule has 1 atom stereocenters. The van der Waals surface area contributed by atoms with Crippen molar-refractivity contribution in [2.75, 3.05) is 23.0 Å². The molecule has 4 nitrogen and oxygen atoms in total. The fraction of sp³-hybridized carbons (Fsp3) is 0.240. The molecule has 0 aromatic heterocycles. The third-order valence-corrected chi connectivity index (χ3v) is 34.0. The maximum atomic E-state index is 13.3. The van der Waals surface area contributed by atoms with Gasteiger partial charge >= 0.3 is 228 Å². The van der Waals surface area contributed by atoms with Gasteiger partial charge in [0.05, 0.1) is 0 Å². The Morgan fingerprint density at radius 3 is 2.11 bits per heavy atom. The molecule has 35 heavy (non-hydrogen) atoms. The molecular formula is C25H20As2O4S4. The molecule has 178 valence electrons. The number of fused-ring (bicyclic) bond motifs is 6. The van der Waals surface area contributed by atoms with Crippen molar-refractivity contribution in [1.82, 2.24) is 0 Å². The van der Waals surface area contributed by atoms with Crippen LogP contribution >= 0.6 is 40.1 Å². The number of hydrogen-bond donors (Lipinski definition) is 1. The molecule has 0 saturated carbocycles. The number of hydrogen-bond acceptors (Lipinski definition) is 8. The molecule has 1 spiro atoms. The standard InChI is InChI=1S/C25H20As2O4S4/c1-14-6-7-17-22(20(14)26-32-10-11-33-26)30-23-18(8-9-19(28)21(23)27-34-12-13-35-27)25(17)16-5-3-2-4-15(16)24(29)31-25/h2-9,28H,10-13H2,1H3. The van der Waals surface area contributed by atoms with Crippen molar-refractivity contribution < 1.29 is 19.4 Å². The molecule has 1 unspecified atom stereocenters. The van der Waals surface area contributed by atoms with E-state index in [1.165, 1.54) is 21.4 Å². The van der Waals surface area contributed by atoms with Gasteiger partial charge < -0.3 is 0 Å². The molecule has 2 fully saturated rings. The summed E-state index contributed by atoms with van der Waals surface area (Å²) >= 11 is -3.09. The van der Waals surface area contributed by atoms with Gasteiger partial charge in [-0.1, -0.05) is 0 Å². The quantitative estimate of drug-likeness (QED) is 0.316. The van der Waals surface area contributed by atoms with Crippen LogP contribution in [0.5, 0.6) is 17.2 Å². The van der Waals surface area contributed by atoms with Gasteiger partial charge in [0.2, 0.25) is 0 Å². The number of rotatable bonds is 2. The van der Waals surface area contributed by atoms with Crippen LogP contribution in [-0.2, 0) is 10.3 Å². The van der Waals surface area contributed by atoms with Crippen LogP contribution in [-0.4, -0.2) is 58.8 Å². The van der Waals surface area contributed by atoms with Gasteiger partial charge in [-0.05, 0) is 0 Å². The van der Waals surface area contributed by atoms with Crippen molar-refractivity contribution >= 4 is 79.4 Å². The number of phenols is 1. The first-order valence-electron chi connectivity index (χ1n) is 11.2. The summed E-state index contributed by atoms with van der Waals surface area (Å²) < 4.78 is 15.6. The Hall–Kier alpha value is -0.753. The summed E-state index contributed by atoms with van der Waals surface area (Å²) in [6.07, 6.45) is 0. The SMILES string of the molecule is Cc1ccc2c(c1[As]1SCCS1)Oc1c(ccc(O)c1[As]1SCCS1)C21OC(=O)c2ccccc21. The number of aromatic hydroxyl groups is 1. The molecule has 2 saturated heterocycles. The number of phenolic OH excluding ortho intramolecular Hbond substituents is 1. The van der Waals surface area contributed by atoms with Crippen molar-refractivity contribution in [1.29, 1.82) is 0 Å². The Bertz CT molecular complexity index is 1310. The van der Waals surface area contributed by atoms with E-state index in [-0.39, 0.29) is 5.97 Å². The van der Waals surface area contributed by atoms with Crippen molar-refractivity contribution in [3.63, 3.8) is 0 Å². The zero-order valence-electron chi connectivity index (χ0n) is 18.6. The van der Waals surface area contributed by atoms with Crippen molar-refractivity contribution in [2.24, 2.45) is 0 Å². The van der Waals surface area contributed by atoms with Crippen LogP contribution < -0.4 is 13.4 Å². The van der Waals surface area contributed by atoms with Gasteiger partial charge in [-0.3, -0.25) is 0 Å². The molecule has 0 amide bonds. The summed E-state index contributed by atoms with van der Waals surface area (Å²) in [7, 11) is 8.12. The Kier molecular flexibility index (Phi) is 5.96. The van der Waals surface area contributed by atoms with E-state index in [4.69, 9.17) is 9.47 Å². The van der Waals surface area contributed by atoms with Gasteiger partial charge in [0.25, 0.3) is 0 Å². The number of benzene rings is 3. The van der Waals surface area contributed by atoms with Gasteiger partial charge in [-0.2, -0.15) is 0 Å². The summed E-state index contributed by atoms with van der Waals surface area (Å²) in [5, 5.41) is 11.1. The predicted molar refractivity (Wildman–Crippen MR) is 152 cm³/mol. The van der Waals surface area contributed by atoms with Crippen molar-refractivity contribution in [3.8, 4) is 17.2 Å². The van der Waals surface area contributed by atoms with Crippen molar-refractivity contribution in [2.45, 2.75) is 12.5 Å². The summed E-state index contributed by atoms with van der Waals surface area (Å²) in [5.41, 5.74) is 3.40. The maximum absolute atomic E-state index is 13.3. The second-order valence-electron chi connectivity index (χ2n) is 8.48. The number of carbonyl (C=O) groups excluding carboxylic acids is 1. The van der Waals surface area contributed by atoms with Crippen LogP contribution in [0.4, 0.5) is 0 Å². The molecule has 4 heterocycles. The van der Waals surface area contributed by atoms with E-state index in [2.05, 4.69) is 39.1 Å². The second kappa shape index (κ2) is 8.92. The number of carbonyl (C=O) groups is 1. The molecule has 3 aromatic rings. The zero-order valence-corrected chi connectivity index (χ0v) is 25.7. The van der Waals surface area contributed by atoms with Gasteiger partial charge in [-0.25, -0.2) is 0 Å².